The molecule has 1 aromatic carbocycles. The monoisotopic (exact) mass is 324 g/mol. The van der Waals surface area contributed by atoms with Crippen molar-refractivity contribution in [3.8, 4) is 0 Å². The molecule has 7 heteroatoms. The quantitative estimate of drug-likeness (QED) is 0.790. The summed E-state index contributed by atoms with van der Waals surface area (Å²) in [6.45, 7) is -0.0745. The van der Waals surface area contributed by atoms with Crippen LogP contribution in [-0.2, 0) is 9.59 Å². The van der Waals surface area contributed by atoms with E-state index in [1.54, 1.807) is 24.3 Å². The Hall–Kier alpha value is -2.02. The maximum absolute atomic E-state index is 14.0. The summed E-state index contributed by atoms with van der Waals surface area (Å²) >= 11 is 0. The number of nitrogens with one attached hydrogen (secondary N) is 2. The highest BCUT2D eigenvalue weighted by atomic mass is 19.3. The van der Waals surface area contributed by atoms with Crippen LogP contribution < -0.4 is 10.6 Å². The summed E-state index contributed by atoms with van der Waals surface area (Å²) in [5, 5.41) is 14.7. The molecule has 1 unspecified atom stereocenters. The van der Waals surface area contributed by atoms with E-state index in [4.69, 9.17) is 0 Å². The van der Waals surface area contributed by atoms with Gasteiger partial charge >= 0.3 is 5.92 Å². The van der Waals surface area contributed by atoms with Crippen molar-refractivity contribution < 1.29 is 23.5 Å². The van der Waals surface area contributed by atoms with Gasteiger partial charge in [-0.25, -0.2) is 0 Å². The third-order valence-electron chi connectivity index (χ3n) is 4.67. The molecule has 0 saturated heterocycles. The predicted molar refractivity (Wildman–Crippen MR) is 79.2 cm³/mol. The van der Waals surface area contributed by atoms with Crippen LogP contribution >= 0.6 is 0 Å². The first-order valence-electron chi connectivity index (χ1n) is 7.61. The van der Waals surface area contributed by atoms with E-state index in [0.717, 1.165) is 5.56 Å². The van der Waals surface area contributed by atoms with Crippen molar-refractivity contribution in [2.24, 2.45) is 0 Å². The van der Waals surface area contributed by atoms with Crippen LogP contribution in [0.15, 0.2) is 24.3 Å². The van der Waals surface area contributed by atoms with Crippen LogP contribution in [0.2, 0.25) is 0 Å². The summed E-state index contributed by atoms with van der Waals surface area (Å²) in [5.74, 6) is -5.88. The molecule has 3 rings (SSSR count). The van der Waals surface area contributed by atoms with E-state index in [9.17, 15) is 23.5 Å². The lowest BCUT2D eigenvalue weighted by Gasteiger charge is -2.41. The van der Waals surface area contributed by atoms with E-state index in [-0.39, 0.29) is 37.6 Å². The second-order valence-electron chi connectivity index (χ2n) is 6.21. The molecular formula is C16H18F2N2O3. The van der Waals surface area contributed by atoms with Gasteiger partial charge in [-0.1, -0.05) is 18.2 Å². The normalized spacial score (nSPS) is 22.6. The van der Waals surface area contributed by atoms with Crippen molar-refractivity contribution in [2.45, 2.75) is 43.1 Å². The molecule has 0 spiro atoms. The lowest BCUT2D eigenvalue weighted by atomic mass is 9.75. The molecule has 1 aliphatic carbocycles. The van der Waals surface area contributed by atoms with Crippen LogP contribution in [0.4, 0.5) is 14.5 Å². The fourth-order valence-electron chi connectivity index (χ4n) is 3.05. The Bertz CT molecular complexity index is 644. The Morgan fingerprint density at radius 1 is 1.39 bits per heavy atom. The third-order valence-corrected chi connectivity index (χ3v) is 4.67. The number of hydrogen-bond acceptors (Lipinski definition) is 3. The number of hydrogen-bond donors (Lipinski definition) is 3. The van der Waals surface area contributed by atoms with Gasteiger partial charge in [-0.15, -0.1) is 0 Å². The van der Waals surface area contributed by atoms with E-state index in [1.165, 1.54) is 0 Å². The molecule has 0 aromatic heterocycles. The van der Waals surface area contributed by atoms with E-state index in [2.05, 4.69) is 10.6 Å². The van der Waals surface area contributed by atoms with Gasteiger partial charge in [0.25, 0.3) is 5.91 Å². The third kappa shape index (κ3) is 2.69. The number of halogens is 2. The molecule has 23 heavy (non-hydrogen) atoms. The first-order valence-corrected chi connectivity index (χ1v) is 7.61. The molecule has 0 bridgehead atoms. The van der Waals surface area contributed by atoms with E-state index >= 15 is 0 Å². The first kappa shape index (κ1) is 15.9. The van der Waals surface area contributed by atoms with Crippen molar-refractivity contribution in [2.75, 3.05) is 11.9 Å². The maximum Gasteiger partial charge on any atom is 0.352 e. The summed E-state index contributed by atoms with van der Waals surface area (Å²) in [7, 11) is 0. The average Bonchev–Trinajstić information content (AvgIpc) is 2.49. The zero-order valence-electron chi connectivity index (χ0n) is 12.4. The minimum atomic E-state index is -3.82. The second-order valence-corrected chi connectivity index (χ2v) is 6.21. The summed E-state index contributed by atoms with van der Waals surface area (Å²) in [4.78, 5) is 23.5. The highest BCUT2D eigenvalue weighted by Gasteiger charge is 2.61. The van der Waals surface area contributed by atoms with Gasteiger partial charge < -0.3 is 15.7 Å². The van der Waals surface area contributed by atoms with E-state index < -0.39 is 17.4 Å². The molecule has 1 fully saturated rings. The summed E-state index contributed by atoms with van der Waals surface area (Å²) in [5.41, 5.74) is -0.802. The van der Waals surface area contributed by atoms with Gasteiger partial charge in [0.15, 0.2) is 0 Å². The molecule has 5 nitrogen and oxygen atoms in total. The van der Waals surface area contributed by atoms with E-state index in [1.807, 2.05) is 0 Å². The highest BCUT2D eigenvalue weighted by molar-refractivity contribution is 5.95. The van der Waals surface area contributed by atoms with Gasteiger partial charge in [0.05, 0.1) is 0 Å². The minimum absolute atomic E-state index is 0.0745. The van der Waals surface area contributed by atoms with Crippen LogP contribution in [0.25, 0.3) is 0 Å². The van der Waals surface area contributed by atoms with Gasteiger partial charge in [0, 0.05) is 24.6 Å². The van der Waals surface area contributed by atoms with Crippen molar-refractivity contribution >= 4 is 17.5 Å². The molecule has 1 atom stereocenters. The molecule has 3 N–H and O–H groups in total. The summed E-state index contributed by atoms with van der Waals surface area (Å²) in [6, 6.07) is 7.08. The smallest absolute Gasteiger partial charge is 0.352 e. The molecule has 2 amide bonds. The van der Waals surface area contributed by atoms with Crippen molar-refractivity contribution in [1.82, 2.24) is 5.32 Å². The highest BCUT2D eigenvalue weighted by Crippen LogP contribution is 2.44. The number of aliphatic hydroxyl groups is 1. The van der Waals surface area contributed by atoms with Gasteiger partial charge in [0.2, 0.25) is 5.91 Å². The number of carbonyl (C=O) groups excluding carboxylic acids is 2. The fourth-order valence-corrected chi connectivity index (χ4v) is 3.05. The van der Waals surface area contributed by atoms with Crippen molar-refractivity contribution in [3.05, 3.63) is 29.8 Å². The van der Waals surface area contributed by atoms with Crippen molar-refractivity contribution in [3.63, 3.8) is 0 Å². The lowest BCUT2D eigenvalue weighted by molar-refractivity contribution is -0.215. The SMILES string of the molecule is O=C1CC(CNC(=O)C(F)(F)C2(O)CCC2)c2ccccc2N1. The van der Waals surface area contributed by atoms with Gasteiger partial charge in [0.1, 0.15) is 5.60 Å². The number of alkyl halides is 2. The Balaban J connectivity index is 1.69. The van der Waals surface area contributed by atoms with Crippen LogP contribution in [0.5, 0.6) is 0 Å². The molecule has 1 saturated carbocycles. The van der Waals surface area contributed by atoms with Crippen molar-refractivity contribution in [1.29, 1.82) is 0 Å². The second kappa shape index (κ2) is 5.56. The van der Waals surface area contributed by atoms with Gasteiger partial charge in [-0.3, -0.25) is 9.59 Å². The number of amides is 2. The number of para-hydroxylation sites is 1. The predicted octanol–water partition coefficient (Wildman–Crippen LogP) is 1.78. The molecule has 0 radical (unpaired) electrons. The zero-order chi connectivity index (χ0) is 16.7. The van der Waals surface area contributed by atoms with Crippen LogP contribution in [0.1, 0.15) is 37.2 Å². The van der Waals surface area contributed by atoms with Gasteiger partial charge in [-0.2, -0.15) is 8.78 Å². The number of benzene rings is 1. The largest absolute Gasteiger partial charge is 0.383 e. The Morgan fingerprint density at radius 2 is 2.09 bits per heavy atom. The zero-order valence-corrected chi connectivity index (χ0v) is 12.4. The van der Waals surface area contributed by atoms with Crippen LogP contribution in [0.3, 0.4) is 0 Å². The fraction of sp³-hybridized carbons (Fsp3) is 0.500. The molecular weight excluding hydrogens is 306 g/mol. The molecule has 1 aromatic rings. The summed E-state index contributed by atoms with van der Waals surface area (Å²) < 4.78 is 28.1. The Morgan fingerprint density at radius 3 is 2.74 bits per heavy atom. The Labute approximate surface area is 132 Å². The first-order chi connectivity index (χ1) is 10.8. The lowest BCUT2D eigenvalue weighted by Crippen LogP contribution is -2.61. The topological polar surface area (TPSA) is 78.4 Å². The molecule has 2 aliphatic rings. The number of fused-ring (bicyclic) bond motifs is 1. The minimum Gasteiger partial charge on any atom is -0.383 e. The molecule has 124 valence electrons. The van der Waals surface area contributed by atoms with Gasteiger partial charge in [-0.05, 0) is 30.9 Å². The number of rotatable bonds is 4. The number of anilines is 1. The van der Waals surface area contributed by atoms with Crippen LogP contribution in [-0.4, -0.2) is 35.0 Å². The Kier molecular flexibility index (Phi) is 3.83. The molecule has 1 heterocycles. The average molecular weight is 324 g/mol. The van der Waals surface area contributed by atoms with E-state index in [0.29, 0.717) is 12.1 Å². The van der Waals surface area contributed by atoms with Crippen LogP contribution in [0, 0.1) is 0 Å². The number of carbonyl (C=O) groups is 2. The maximum atomic E-state index is 14.0. The molecule has 1 aliphatic heterocycles. The standard InChI is InChI=1S/C16H18F2N2O3/c17-16(18,15(23)6-3-7-15)14(22)19-9-10-8-13(21)20-12-5-2-1-4-11(10)12/h1-2,4-5,10,23H,3,6-9H2,(H,19,22)(H,20,21). The summed E-state index contributed by atoms with van der Waals surface area (Å²) in [6.07, 6.45) is 0.437.